The van der Waals surface area contributed by atoms with Gasteiger partial charge in [-0.2, -0.15) is 0 Å². The van der Waals surface area contributed by atoms with E-state index in [0.717, 1.165) is 47.0 Å². The number of carbonyl (C=O) groups is 2. The van der Waals surface area contributed by atoms with Gasteiger partial charge in [-0.1, -0.05) is 11.8 Å². The number of thioether (sulfide) groups is 1. The van der Waals surface area contributed by atoms with Gasteiger partial charge in [-0.05, 0) is 24.3 Å². The van der Waals surface area contributed by atoms with Gasteiger partial charge in [-0.3, -0.25) is 29.8 Å². The predicted molar refractivity (Wildman–Crippen MR) is 106 cm³/mol. The fourth-order valence-corrected chi connectivity index (χ4v) is 3.87. The lowest BCUT2D eigenvalue weighted by Crippen LogP contribution is -2.31. The van der Waals surface area contributed by atoms with E-state index in [0.29, 0.717) is 0 Å². The SMILES string of the molecule is O=C1CC(Sc2nnc(-c3cc([N+](=O)[O-])cc([N+](=O)[O-])c3)o2)C(=O)N1c1ccc(F)cc1. The van der Waals surface area contributed by atoms with E-state index < -0.39 is 44.1 Å². The number of rotatable bonds is 6. The first-order chi connectivity index (χ1) is 15.2. The second kappa shape index (κ2) is 8.14. The topological polar surface area (TPSA) is 163 Å². The first-order valence-corrected chi connectivity index (χ1v) is 9.67. The van der Waals surface area contributed by atoms with Crippen LogP contribution in [0.1, 0.15) is 6.42 Å². The van der Waals surface area contributed by atoms with Crippen molar-refractivity contribution in [2.75, 3.05) is 4.90 Å². The largest absolute Gasteiger partial charge is 0.411 e. The van der Waals surface area contributed by atoms with Crippen molar-refractivity contribution >= 4 is 40.6 Å². The minimum atomic E-state index is -0.889. The predicted octanol–water partition coefficient (Wildman–Crippen LogP) is 3.12. The molecule has 3 aromatic rings. The number of hydrogen-bond donors (Lipinski definition) is 0. The van der Waals surface area contributed by atoms with Gasteiger partial charge in [-0.25, -0.2) is 9.29 Å². The van der Waals surface area contributed by atoms with Crippen LogP contribution in [0.3, 0.4) is 0 Å². The van der Waals surface area contributed by atoms with E-state index in [1.54, 1.807) is 0 Å². The van der Waals surface area contributed by atoms with E-state index in [9.17, 15) is 34.2 Å². The summed E-state index contributed by atoms with van der Waals surface area (Å²) < 4.78 is 18.5. The highest BCUT2D eigenvalue weighted by Crippen LogP contribution is 2.35. The lowest BCUT2D eigenvalue weighted by Gasteiger charge is -2.14. The summed E-state index contributed by atoms with van der Waals surface area (Å²) in [5.74, 6) is -1.80. The molecule has 1 aliphatic rings. The van der Waals surface area contributed by atoms with E-state index in [-0.39, 0.29) is 28.8 Å². The molecule has 0 radical (unpaired) electrons. The van der Waals surface area contributed by atoms with Crippen molar-refractivity contribution in [3.05, 3.63) is 68.5 Å². The third-order valence-corrected chi connectivity index (χ3v) is 5.43. The van der Waals surface area contributed by atoms with Crippen molar-refractivity contribution < 1.29 is 28.2 Å². The zero-order valence-electron chi connectivity index (χ0n) is 15.7. The molecule has 1 atom stereocenters. The molecule has 12 nitrogen and oxygen atoms in total. The fourth-order valence-electron chi connectivity index (χ4n) is 2.98. The number of nitro benzene ring substituents is 2. The van der Waals surface area contributed by atoms with Crippen molar-refractivity contribution in [1.82, 2.24) is 10.2 Å². The number of nitro groups is 2. The summed E-state index contributed by atoms with van der Waals surface area (Å²) in [7, 11) is 0. The molecule has 0 bridgehead atoms. The van der Waals surface area contributed by atoms with Gasteiger partial charge in [-0.15, -0.1) is 10.2 Å². The number of anilines is 1. The van der Waals surface area contributed by atoms with E-state index in [1.807, 2.05) is 0 Å². The summed E-state index contributed by atoms with van der Waals surface area (Å²) in [6.45, 7) is 0. The number of amides is 2. The Balaban J connectivity index is 1.56. The first kappa shape index (κ1) is 21.0. The molecular weight excluding hydrogens is 449 g/mol. The fraction of sp³-hybridized carbons (Fsp3) is 0.111. The lowest BCUT2D eigenvalue weighted by molar-refractivity contribution is -0.394. The molecule has 2 heterocycles. The molecule has 1 fully saturated rings. The maximum Gasteiger partial charge on any atom is 0.277 e. The van der Waals surface area contributed by atoms with Gasteiger partial charge in [0.15, 0.2) is 0 Å². The number of imide groups is 1. The van der Waals surface area contributed by atoms with Gasteiger partial charge in [0, 0.05) is 18.6 Å². The number of benzene rings is 2. The summed E-state index contributed by atoms with van der Waals surface area (Å²) >= 11 is 0.807. The van der Waals surface area contributed by atoms with Gasteiger partial charge in [0.1, 0.15) is 11.1 Å². The molecule has 1 saturated heterocycles. The van der Waals surface area contributed by atoms with Gasteiger partial charge >= 0.3 is 0 Å². The first-order valence-electron chi connectivity index (χ1n) is 8.79. The molecule has 2 aromatic carbocycles. The van der Waals surface area contributed by atoms with Crippen LogP contribution in [-0.4, -0.2) is 37.1 Å². The Morgan fingerprint density at radius 3 is 2.25 bits per heavy atom. The molecule has 0 spiro atoms. The summed E-state index contributed by atoms with van der Waals surface area (Å²) in [6.07, 6.45) is -0.166. The Morgan fingerprint density at radius 2 is 1.66 bits per heavy atom. The van der Waals surface area contributed by atoms with Crippen LogP contribution in [-0.2, 0) is 9.59 Å². The Hall–Kier alpha value is -4.20. The molecule has 1 aliphatic heterocycles. The maximum atomic E-state index is 13.1. The van der Waals surface area contributed by atoms with Crippen LogP contribution in [0.4, 0.5) is 21.5 Å². The summed E-state index contributed by atoms with van der Waals surface area (Å²) in [4.78, 5) is 46.4. The van der Waals surface area contributed by atoms with Crippen LogP contribution in [0.5, 0.6) is 0 Å². The van der Waals surface area contributed by atoms with Crippen LogP contribution < -0.4 is 4.90 Å². The zero-order valence-corrected chi connectivity index (χ0v) is 16.5. The number of halogens is 1. The zero-order chi connectivity index (χ0) is 23.0. The molecule has 32 heavy (non-hydrogen) atoms. The van der Waals surface area contributed by atoms with Crippen molar-refractivity contribution in [2.45, 2.75) is 16.9 Å². The maximum absolute atomic E-state index is 13.1. The standard InChI is InChI=1S/C18H10FN5O7S/c19-10-1-3-11(4-2-10)22-15(25)8-14(17(22)26)32-18-21-20-16(31-18)9-5-12(23(27)28)7-13(6-9)24(29)30/h1-7,14H,8H2. The molecule has 1 aromatic heterocycles. The van der Waals surface area contributed by atoms with Gasteiger partial charge in [0.25, 0.3) is 16.6 Å². The monoisotopic (exact) mass is 459 g/mol. The Labute approximate surface area is 181 Å². The molecule has 1 unspecified atom stereocenters. The Morgan fingerprint density at radius 1 is 1.03 bits per heavy atom. The number of aromatic nitrogens is 2. The highest BCUT2D eigenvalue weighted by molar-refractivity contribution is 8.00. The van der Waals surface area contributed by atoms with E-state index in [4.69, 9.17) is 4.42 Å². The minimum Gasteiger partial charge on any atom is -0.411 e. The number of hydrogen-bond acceptors (Lipinski definition) is 10. The number of non-ortho nitro benzene ring substituents is 2. The summed E-state index contributed by atoms with van der Waals surface area (Å²) in [5, 5.41) is 28.6. The molecule has 0 N–H and O–H groups in total. The molecule has 162 valence electrons. The molecule has 0 saturated carbocycles. The highest BCUT2D eigenvalue weighted by Gasteiger charge is 2.41. The average molecular weight is 459 g/mol. The molecule has 0 aliphatic carbocycles. The molecule has 2 amide bonds. The van der Waals surface area contributed by atoms with Crippen molar-refractivity contribution in [1.29, 1.82) is 0 Å². The van der Waals surface area contributed by atoms with Gasteiger partial charge < -0.3 is 4.42 Å². The van der Waals surface area contributed by atoms with Crippen LogP contribution in [0.25, 0.3) is 11.5 Å². The molecule has 4 rings (SSSR count). The quantitative estimate of drug-likeness (QED) is 0.304. The van der Waals surface area contributed by atoms with Crippen LogP contribution in [0, 0.1) is 26.0 Å². The van der Waals surface area contributed by atoms with E-state index in [1.165, 1.54) is 12.1 Å². The minimum absolute atomic E-state index is 0.0491. The van der Waals surface area contributed by atoms with E-state index in [2.05, 4.69) is 10.2 Å². The van der Waals surface area contributed by atoms with Crippen LogP contribution in [0.15, 0.2) is 52.1 Å². The Bertz CT molecular complexity index is 1230. The van der Waals surface area contributed by atoms with Crippen LogP contribution >= 0.6 is 11.8 Å². The number of nitrogens with zero attached hydrogens (tertiary/aromatic N) is 5. The highest BCUT2D eigenvalue weighted by atomic mass is 32.2. The van der Waals surface area contributed by atoms with Gasteiger partial charge in [0.2, 0.25) is 17.7 Å². The normalized spacial score (nSPS) is 15.9. The third-order valence-electron chi connectivity index (χ3n) is 4.41. The van der Waals surface area contributed by atoms with Crippen molar-refractivity contribution in [3.8, 4) is 11.5 Å². The molecule has 14 heteroatoms. The summed E-state index contributed by atoms with van der Waals surface area (Å²) in [5.41, 5.74) is -0.896. The second-order valence-corrected chi connectivity index (χ2v) is 7.63. The van der Waals surface area contributed by atoms with Crippen molar-refractivity contribution in [3.63, 3.8) is 0 Å². The lowest BCUT2D eigenvalue weighted by atomic mass is 10.2. The van der Waals surface area contributed by atoms with E-state index >= 15 is 0 Å². The number of carbonyl (C=O) groups excluding carboxylic acids is 2. The Kier molecular flexibility index (Phi) is 5.36. The average Bonchev–Trinajstić information content (AvgIpc) is 3.33. The molecular formula is C18H10FN5O7S. The summed E-state index contributed by atoms with van der Waals surface area (Å²) in [6, 6.07) is 7.72. The van der Waals surface area contributed by atoms with Gasteiger partial charge in [0.05, 0.1) is 27.2 Å². The van der Waals surface area contributed by atoms with Crippen LogP contribution in [0.2, 0.25) is 0 Å². The smallest absolute Gasteiger partial charge is 0.277 e. The third kappa shape index (κ3) is 4.02. The second-order valence-electron chi connectivity index (χ2n) is 6.48. The van der Waals surface area contributed by atoms with Crippen molar-refractivity contribution in [2.24, 2.45) is 0 Å².